The molecule has 2 saturated carbocycles. The average molecular weight is 453 g/mol. The molecule has 2 saturated heterocycles. The molecule has 2 aliphatic heterocycles. The molecule has 0 aromatic carbocycles. The quantitative estimate of drug-likeness (QED) is 0.568. The maximum absolute atomic E-state index is 14.4. The number of aliphatic hydroxyl groups is 1. The van der Waals surface area contributed by atoms with Gasteiger partial charge in [0, 0.05) is 56.6 Å². The van der Waals surface area contributed by atoms with Crippen LogP contribution in [0, 0.1) is 11.8 Å². The van der Waals surface area contributed by atoms with E-state index in [1.165, 1.54) is 0 Å². The van der Waals surface area contributed by atoms with Gasteiger partial charge in [-0.2, -0.15) is 0 Å². The summed E-state index contributed by atoms with van der Waals surface area (Å²) in [6.45, 7) is 5.92. The van der Waals surface area contributed by atoms with Gasteiger partial charge in [0.2, 0.25) is 11.8 Å². The standard InChI is InChI=1S/C24H41FN4O3/c1-15-6-7-21(25)20-13-22(27-23(15)20)24(32)26-17-4-3-5-18(12-17)28-9-8-19(14-28)29(10-11-30)16(2)31/h15,17-23,27,30H,3-14H2,1-2H3,(H,26,32)/t15?,17-,18+,19?,20?,21?,22?,23?/m1/s1. The van der Waals surface area contributed by atoms with Crippen LogP contribution in [-0.4, -0.2) is 89.3 Å². The number of rotatable bonds is 6. The number of nitrogens with zero attached hydrogens (tertiary/aromatic N) is 2. The summed E-state index contributed by atoms with van der Waals surface area (Å²) in [5, 5.41) is 16.0. The monoisotopic (exact) mass is 452 g/mol. The normalized spacial score (nSPS) is 40.1. The highest BCUT2D eigenvalue weighted by molar-refractivity contribution is 5.82. The first-order chi connectivity index (χ1) is 15.4. The van der Waals surface area contributed by atoms with E-state index in [0.29, 0.717) is 31.3 Å². The number of fused-ring (bicyclic) bond motifs is 1. The van der Waals surface area contributed by atoms with Crippen LogP contribution in [0.4, 0.5) is 4.39 Å². The largest absolute Gasteiger partial charge is 0.395 e. The van der Waals surface area contributed by atoms with E-state index in [0.717, 1.165) is 51.6 Å². The molecule has 32 heavy (non-hydrogen) atoms. The minimum atomic E-state index is -0.788. The van der Waals surface area contributed by atoms with Crippen molar-refractivity contribution in [1.29, 1.82) is 0 Å². The SMILES string of the molecule is CC(=O)N(CCO)C1CCN([C@H]2CCC[C@@H](NC(=O)C3CC4C(F)CCC(C)C4N3)C2)C1. The number of amides is 2. The fourth-order valence-electron chi connectivity index (χ4n) is 6.79. The lowest BCUT2D eigenvalue weighted by atomic mass is 9.77. The molecule has 3 N–H and O–H groups in total. The van der Waals surface area contributed by atoms with Crippen LogP contribution >= 0.6 is 0 Å². The van der Waals surface area contributed by atoms with Crippen LogP contribution < -0.4 is 10.6 Å². The summed E-state index contributed by atoms with van der Waals surface area (Å²) >= 11 is 0. The van der Waals surface area contributed by atoms with Crippen LogP contribution in [0.2, 0.25) is 0 Å². The van der Waals surface area contributed by atoms with Crippen molar-refractivity contribution in [3.05, 3.63) is 0 Å². The Morgan fingerprint density at radius 2 is 2.00 bits per heavy atom. The Kier molecular flexibility index (Phi) is 7.73. The molecule has 4 rings (SSSR count). The summed E-state index contributed by atoms with van der Waals surface area (Å²) in [6.07, 6.45) is 6.39. The third-order valence-corrected chi connectivity index (χ3v) is 8.54. The Bertz CT molecular complexity index is 662. The molecular formula is C24H41FN4O3. The highest BCUT2D eigenvalue weighted by atomic mass is 19.1. The molecule has 0 aromatic rings. The van der Waals surface area contributed by atoms with E-state index in [1.54, 1.807) is 11.8 Å². The predicted octanol–water partition coefficient (Wildman–Crippen LogP) is 1.44. The van der Waals surface area contributed by atoms with Gasteiger partial charge in [-0.1, -0.05) is 6.92 Å². The molecule has 0 bridgehead atoms. The van der Waals surface area contributed by atoms with Crippen molar-refractivity contribution in [2.45, 2.75) is 102 Å². The summed E-state index contributed by atoms with van der Waals surface area (Å²) in [5.41, 5.74) is 0. The third-order valence-electron chi connectivity index (χ3n) is 8.54. The maximum Gasteiger partial charge on any atom is 0.237 e. The van der Waals surface area contributed by atoms with E-state index in [-0.39, 0.29) is 48.5 Å². The van der Waals surface area contributed by atoms with Crippen molar-refractivity contribution in [3.63, 3.8) is 0 Å². The first-order valence-electron chi connectivity index (χ1n) is 12.7. The van der Waals surface area contributed by atoms with Crippen molar-refractivity contribution in [2.75, 3.05) is 26.2 Å². The molecule has 0 aromatic heterocycles. The smallest absolute Gasteiger partial charge is 0.237 e. The van der Waals surface area contributed by atoms with Gasteiger partial charge in [0.05, 0.1) is 12.6 Å². The Hall–Kier alpha value is -1.25. The fourth-order valence-corrected chi connectivity index (χ4v) is 6.79. The average Bonchev–Trinajstić information content (AvgIpc) is 3.43. The number of likely N-dealkylation sites (tertiary alicyclic amines) is 1. The molecule has 2 heterocycles. The first-order valence-corrected chi connectivity index (χ1v) is 12.7. The number of hydrogen-bond acceptors (Lipinski definition) is 5. The van der Waals surface area contributed by atoms with Gasteiger partial charge in [-0.15, -0.1) is 0 Å². The summed E-state index contributed by atoms with van der Waals surface area (Å²) in [6, 6.07) is 0.582. The molecule has 182 valence electrons. The van der Waals surface area contributed by atoms with Crippen molar-refractivity contribution < 1.29 is 19.1 Å². The van der Waals surface area contributed by atoms with Crippen LogP contribution in [-0.2, 0) is 9.59 Å². The molecule has 2 amide bonds. The van der Waals surface area contributed by atoms with Gasteiger partial charge in [0.15, 0.2) is 0 Å². The Balaban J connectivity index is 1.28. The molecule has 4 aliphatic rings. The molecule has 4 fully saturated rings. The summed E-state index contributed by atoms with van der Waals surface area (Å²) in [7, 11) is 0. The van der Waals surface area contributed by atoms with Crippen molar-refractivity contribution in [1.82, 2.24) is 20.4 Å². The van der Waals surface area contributed by atoms with E-state index in [2.05, 4.69) is 22.5 Å². The lowest BCUT2D eigenvalue weighted by Gasteiger charge is -2.36. The zero-order chi connectivity index (χ0) is 22.8. The Labute approximate surface area is 191 Å². The number of aliphatic hydroxyl groups excluding tert-OH is 1. The van der Waals surface area contributed by atoms with E-state index in [4.69, 9.17) is 0 Å². The lowest BCUT2D eigenvalue weighted by molar-refractivity contribution is -0.131. The second-order valence-electron chi connectivity index (χ2n) is 10.6. The molecule has 7 nitrogen and oxygen atoms in total. The van der Waals surface area contributed by atoms with Gasteiger partial charge in [-0.25, -0.2) is 4.39 Å². The molecule has 8 atom stereocenters. The highest BCUT2D eigenvalue weighted by Gasteiger charge is 2.46. The van der Waals surface area contributed by atoms with E-state index in [1.807, 2.05) is 0 Å². The second kappa shape index (κ2) is 10.3. The van der Waals surface area contributed by atoms with Crippen molar-refractivity contribution in [2.24, 2.45) is 11.8 Å². The molecule has 6 unspecified atom stereocenters. The lowest BCUT2D eigenvalue weighted by Crippen LogP contribution is -2.51. The van der Waals surface area contributed by atoms with Crippen LogP contribution in [0.15, 0.2) is 0 Å². The minimum absolute atomic E-state index is 0.00748. The minimum Gasteiger partial charge on any atom is -0.395 e. The van der Waals surface area contributed by atoms with Gasteiger partial charge in [-0.05, 0) is 57.3 Å². The van der Waals surface area contributed by atoms with E-state index in [9.17, 15) is 19.1 Å². The number of hydrogen-bond donors (Lipinski definition) is 3. The van der Waals surface area contributed by atoms with Crippen LogP contribution in [0.3, 0.4) is 0 Å². The number of nitrogens with one attached hydrogen (secondary N) is 2. The molecule has 0 spiro atoms. The third kappa shape index (κ3) is 5.12. The zero-order valence-electron chi connectivity index (χ0n) is 19.6. The molecule has 0 radical (unpaired) electrons. The first kappa shape index (κ1) is 23.9. The fraction of sp³-hybridized carbons (Fsp3) is 0.917. The summed E-state index contributed by atoms with van der Waals surface area (Å²) in [5.74, 6) is 0.453. The zero-order valence-corrected chi connectivity index (χ0v) is 19.6. The van der Waals surface area contributed by atoms with Gasteiger partial charge in [0.1, 0.15) is 6.17 Å². The van der Waals surface area contributed by atoms with E-state index < -0.39 is 6.17 Å². The molecule has 8 heteroatoms. The number of alkyl halides is 1. The topological polar surface area (TPSA) is 84.9 Å². The molecule has 2 aliphatic carbocycles. The predicted molar refractivity (Wildman–Crippen MR) is 121 cm³/mol. The van der Waals surface area contributed by atoms with Crippen LogP contribution in [0.1, 0.15) is 65.2 Å². The number of carbonyl (C=O) groups is 2. The van der Waals surface area contributed by atoms with Gasteiger partial charge in [0.25, 0.3) is 0 Å². The van der Waals surface area contributed by atoms with Gasteiger partial charge in [-0.3, -0.25) is 14.5 Å². The van der Waals surface area contributed by atoms with Crippen LogP contribution in [0.5, 0.6) is 0 Å². The van der Waals surface area contributed by atoms with Crippen molar-refractivity contribution >= 4 is 11.8 Å². The Morgan fingerprint density at radius 1 is 1.19 bits per heavy atom. The summed E-state index contributed by atoms with van der Waals surface area (Å²) < 4.78 is 14.4. The number of carbonyl (C=O) groups excluding carboxylic acids is 2. The van der Waals surface area contributed by atoms with E-state index >= 15 is 0 Å². The molecular weight excluding hydrogens is 411 g/mol. The Morgan fingerprint density at radius 3 is 2.72 bits per heavy atom. The van der Waals surface area contributed by atoms with Crippen LogP contribution in [0.25, 0.3) is 0 Å². The second-order valence-corrected chi connectivity index (χ2v) is 10.6. The van der Waals surface area contributed by atoms with Gasteiger partial charge >= 0.3 is 0 Å². The maximum atomic E-state index is 14.4. The highest BCUT2D eigenvalue weighted by Crippen LogP contribution is 2.38. The van der Waals surface area contributed by atoms with Gasteiger partial charge < -0.3 is 20.6 Å². The number of halogens is 1. The van der Waals surface area contributed by atoms with Crippen molar-refractivity contribution in [3.8, 4) is 0 Å². The summed E-state index contributed by atoms with van der Waals surface area (Å²) in [4.78, 5) is 29.2.